The standard InChI is InChI=1S/C24H21F2N3O3/c1-13-7-17-20(9-19(13)26)29(10-15-8-14(23(27)30)4-5-18(15)25)21-11-31-12-32-24-16(22(17)21)3-2-6-28-24/h2-9,13,19H,10-12H2,1H3,(H2,27,30). The lowest BCUT2D eigenvalue weighted by Gasteiger charge is -2.18. The van der Waals surface area contributed by atoms with Crippen molar-refractivity contribution in [2.24, 2.45) is 11.7 Å². The van der Waals surface area contributed by atoms with Gasteiger partial charge < -0.3 is 19.8 Å². The van der Waals surface area contributed by atoms with Crippen molar-refractivity contribution in [2.75, 3.05) is 6.79 Å². The van der Waals surface area contributed by atoms with Crippen LogP contribution in [0.1, 0.15) is 28.5 Å². The van der Waals surface area contributed by atoms with E-state index < -0.39 is 17.9 Å². The molecule has 2 aromatic heterocycles. The smallest absolute Gasteiger partial charge is 0.248 e. The summed E-state index contributed by atoms with van der Waals surface area (Å²) in [6.45, 7) is 2.07. The van der Waals surface area contributed by atoms with Crippen LogP contribution in [0, 0.1) is 11.7 Å². The number of nitrogens with zero attached hydrogens (tertiary/aromatic N) is 2. The molecule has 2 unspecified atom stereocenters. The highest BCUT2D eigenvalue weighted by Gasteiger charge is 2.26. The molecule has 2 atom stereocenters. The summed E-state index contributed by atoms with van der Waals surface area (Å²) in [5.74, 6) is -1.04. The van der Waals surface area contributed by atoms with Crippen LogP contribution in [-0.2, 0) is 17.9 Å². The van der Waals surface area contributed by atoms with Crippen molar-refractivity contribution in [3.63, 3.8) is 0 Å². The predicted molar refractivity (Wildman–Crippen MR) is 114 cm³/mol. The van der Waals surface area contributed by atoms with Crippen LogP contribution in [-0.4, -0.2) is 28.4 Å². The second-order valence-electron chi connectivity index (χ2n) is 7.98. The molecule has 0 saturated carbocycles. The van der Waals surface area contributed by atoms with E-state index in [9.17, 15) is 13.6 Å². The third kappa shape index (κ3) is 3.36. The fourth-order valence-corrected chi connectivity index (χ4v) is 4.30. The Labute approximate surface area is 182 Å². The van der Waals surface area contributed by atoms with Gasteiger partial charge in [-0.2, -0.15) is 0 Å². The first-order valence-electron chi connectivity index (χ1n) is 10.3. The third-order valence-electron chi connectivity index (χ3n) is 5.92. The maximum Gasteiger partial charge on any atom is 0.248 e. The lowest BCUT2D eigenvalue weighted by atomic mass is 9.96. The Morgan fingerprint density at radius 2 is 2.16 bits per heavy atom. The summed E-state index contributed by atoms with van der Waals surface area (Å²) in [5, 5.41) is 1.46. The molecule has 0 radical (unpaired) electrons. The van der Waals surface area contributed by atoms with Crippen molar-refractivity contribution in [2.45, 2.75) is 26.2 Å². The number of halogens is 2. The number of alkyl halides is 1. The average Bonchev–Trinajstić information content (AvgIpc) is 3.03. The van der Waals surface area contributed by atoms with Gasteiger partial charge in [0.25, 0.3) is 0 Å². The number of hydrogen-bond acceptors (Lipinski definition) is 4. The summed E-state index contributed by atoms with van der Waals surface area (Å²) >= 11 is 0. The van der Waals surface area contributed by atoms with Crippen LogP contribution in [0.5, 0.6) is 5.88 Å². The van der Waals surface area contributed by atoms with E-state index in [2.05, 4.69) is 4.98 Å². The van der Waals surface area contributed by atoms with E-state index in [1.165, 1.54) is 18.2 Å². The number of primary amides is 1. The van der Waals surface area contributed by atoms with Gasteiger partial charge in [-0.1, -0.05) is 13.0 Å². The Morgan fingerprint density at radius 1 is 1.31 bits per heavy atom. The first-order valence-corrected chi connectivity index (χ1v) is 10.3. The number of hydrogen-bond donors (Lipinski definition) is 1. The minimum atomic E-state index is -1.19. The zero-order valence-corrected chi connectivity index (χ0v) is 17.3. The summed E-state index contributed by atoms with van der Waals surface area (Å²) < 4.78 is 42.6. The molecular weight excluding hydrogens is 416 g/mol. The second-order valence-corrected chi connectivity index (χ2v) is 7.98. The number of carbonyl (C=O) groups is 1. The topological polar surface area (TPSA) is 79.4 Å². The SMILES string of the molecule is CC1C=c2c3c(n(Cc4cc(C(N)=O)ccc4F)c2=CC1F)COCOc1ncccc1-3. The molecule has 2 N–H and O–H groups in total. The van der Waals surface area contributed by atoms with Crippen molar-refractivity contribution in [3.05, 3.63) is 69.7 Å². The fourth-order valence-electron chi connectivity index (χ4n) is 4.30. The molecule has 0 saturated heterocycles. The fraction of sp³-hybridized carbons (Fsp3) is 0.250. The van der Waals surface area contributed by atoms with Crippen LogP contribution >= 0.6 is 0 Å². The minimum Gasteiger partial charge on any atom is -0.450 e. The molecule has 0 spiro atoms. The second kappa shape index (κ2) is 7.87. The number of nitrogens with two attached hydrogens (primary N) is 1. The molecule has 6 nitrogen and oxygen atoms in total. The largest absolute Gasteiger partial charge is 0.450 e. The number of aromatic nitrogens is 2. The van der Waals surface area contributed by atoms with E-state index >= 15 is 0 Å². The maximum absolute atomic E-state index is 14.7. The van der Waals surface area contributed by atoms with Gasteiger partial charge >= 0.3 is 0 Å². The van der Waals surface area contributed by atoms with Crippen LogP contribution in [0.15, 0.2) is 36.5 Å². The zero-order valence-electron chi connectivity index (χ0n) is 17.3. The van der Waals surface area contributed by atoms with E-state index in [1.54, 1.807) is 12.3 Å². The Bertz CT molecular complexity index is 1350. The first-order chi connectivity index (χ1) is 15.4. The van der Waals surface area contributed by atoms with Crippen molar-refractivity contribution in [1.82, 2.24) is 9.55 Å². The van der Waals surface area contributed by atoms with Gasteiger partial charge in [-0.25, -0.2) is 13.8 Å². The Kier molecular flexibility index (Phi) is 5.01. The number of amides is 1. The van der Waals surface area contributed by atoms with Gasteiger partial charge in [-0.3, -0.25) is 4.79 Å². The molecule has 3 aromatic rings. The lowest BCUT2D eigenvalue weighted by Crippen LogP contribution is -2.37. The highest BCUT2D eigenvalue weighted by molar-refractivity contribution is 5.92. The Hall–Kier alpha value is -3.52. The molecule has 0 bridgehead atoms. The van der Waals surface area contributed by atoms with E-state index in [4.69, 9.17) is 15.2 Å². The summed E-state index contributed by atoms with van der Waals surface area (Å²) in [4.78, 5) is 15.9. The van der Waals surface area contributed by atoms with Crippen molar-refractivity contribution >= 4 is 18.1 Å². The van der Waals surface area contributed by atoms with Gasteiger partial charge in [-0.15, -0.1) is 0 Å². The molecule has 8 heteroatoms. The molecule has 1 aliphatic carbocycles. The van der Waals surface area contributed by atoms with Crippen LogP contribution < -0.4 is 21.0 Å². The Morgan fingerprint density at radius 3 is 2.97 bits per heavy atom. The molecule has 32 heavy (non-hydrogen) atoms. The van der Waals surface area contributed by atoms with Crippen LogP contribution in [0.25, 0.3) is 23.3 Å². The van der Waals surface area contributed by atoms with Crippen LogP contribution in [0.4, 0.5) is 8.78 Å². The summed E-state index contributed by atoms with van der Waals surface area (Å²) in [5.41, 5.74) is 8.20. The molecule has 164 valence electrons. The molecule has 1 aliphatic heterocycles. The molecular formula is C24H21F2N3O3. The number of carbonyl (C=O) groups excluding carboxylic acids is 1. The number of rotatable bonds is 3. The van der Waals surface area contributed by atoms with E-state index in [-0.39, 0.29) is 37.0 Å². The normalized spacial score (nSPS) is 19.2. The zero-order chi connectivity index (χ0) is 22.4. The van der Waals surface area contributed by atoms with E-state index in [1.807, 2.05) is 29.7 Å². The highest BCUT2D eigenvalue weighted by Crippen LogP contribution is 2.31. The van der Waals surface area contributed by atoms with E-state index in [0.29, 0.717) is 11.2 Å². The number of fused-ring (bicyclic) bond motifs is 5. The monoisotopic (exact) mass is 437 g/mol. The van der Waals surface area contributed by atoms with Crippen molar-refractivity contribution in [3.8, 4) is 17.0 Å². The molecule has 0 fully saturated rings. The number of benzene rings is 1. The molecule has 3 heterocycles. The number of pyridine rings is 1. The van der Waals surface area contributed by atoms with Crippen LogP contribution in [0.3, 0.4) is 0 Å². The summed E-state index contributed by atoms with van der Waals surface area (Å²) in [6.07, 6.45) is 3.88. The van der Waals surface area contributed by atoms with Gasteiger partial charge in [0.15, 0.2) is 6.79 Å². The quantitative estimate of drug-likeness (QED) is 0.682. The summed E-state index contributed by atoms with van der Waals surface area (Å²) in [7, 11) is 0. The van der Waals surface area contributed by atoms with Gasteiger partial charge in [-0.05, 0) is 36.4 Å². The third-order valence-corrected chi connectivity index (χ3v) is 5.92. The van der Waals surface area contributed by atoms with Gasteiger partial charge in [0.05, 0.1) is 18.8 Å². The average molecular weight is 437 g/mol. The molecule has 2 aliphatic rings. The van der Waals surface area contributed by atoms with E-state index in [0.717, 1.165) is 22.0 Å². The molecule has 1 aromatic carbocycles. The predicted octanol–water partition coefficient (Wildman–Crippen LogP) is 2.25. The van der Waals surface area contributed by atoms with Crippen molar-refractivity contribution in [1.29, 1.82) is 0 Å². The van der Waals surface area contributed by atoms with Gasteiger partial charge in [0.2, 0.25) is 11.8 Å². The molecule has 1 amide bonds. The van der Waals surface area contributed by atoms with Gasteiger partial charge in [0, 0.05) is 44.9 Å². The van der Waals surface area contributed by atoms with Gasteiger partial charge in [0.1, 0.15) is 12.0 Å². The summed E-state index contributed by atoms with van der Waals surface area (Å²) in [6, 6.07) is 7.70. The highest BCUT2D eigenvalue weighted by atomic mass is 19.1. The maximum atomic E-state index is 14.7. The minimum absolute atomic E-state index is 0.000386. The van der Waals surface area contributed by atoms with Crippen molar-refractivity contribution < 1.29 is 23.0 Å². The first kappa shape index (κ1) is 20.4. The van der Waals surface area contributed by atoms with Crippen LogP contribution in [0.2, 0.25) is 0 Å². The Balaban J connectivity index is 1.79. The molecule has 5 rings (SSSR count). The lowest BCUT2D eigenvalue weighted by molar-refractivity contribution is -0.000897. The number of ether oxygens (including phenoxy) is 2.